The Morgan fingerprint density at radius 3 is 1.80 bits per heavy atom. The zero-order valence-corrected chi connectivity index (χ0v) is 6.51. The minimum atomic E-state index is -0.759. The van der Waals surface area contributed by atoms with Crippen LogP contribution < -0.4 is 6.15 Å². The van der Waals surface area contributed by atoms with E-state index in [0.29, 0.717) is 0 Å². The van der Waals surface area contributed by atoms with Crippen molar-refractivity contribution in [3.05, 3.63) is 0 Å². The molecule has 60 valence electrons. The highest BCUT2D eigenvalue weighted by Crippen LogP contribution is 1.94. The third kappa shape index (κ3) is 3.19. The number of esters is 1. The molecule has 0 aromatic heterocycles. The Morgan fingerprint density at radius 2 is 1.70 bits per heavy atom. The molecule has 0 amide bonds. The molecule has 0 fully saturated rings. The van der Waals surface area contributed by atoms with Crippen molar-refractivity contribution in [3.8, 4) is 0 Å². The van der Waals surface area contributed by atoms with Crippen molar-refractivity contribution in [2.75, 3.05) is 7.11 Å². The molecule has 0 aliphatic heterocycles. The van der Waals surface area contributed by atoms with E-state index in [1.165, 1.54) is 7.11 Å². The Morgan fingerprint density at radius 1 is 1.30 bits per heavy atom. The van der Waals surface area contributed by atoms with Crippen molar-refractivity contribution in [2.45, 2.75) is 13.8 Å². The van der Waals surface area contributed by atoms with Gasteiger partial charge in [-0.05, 0) is 0 Å². The second-order valence-electron chi connectivity index (χ2n) is 2.01. The molecule has 4 nitrogen and oxygen atoms in total. The lowest BCUT2D eigenvalue weighted by Gasteiger charge is -1.98. The summed E-state index contributed by atoms with van der Waals surface area (Å²) in [5.41, 5.74) is 0. The van der Waals surface area contributed by atoms with Gasteiger partial charge in [-0.25, -0.2) is 4.79 Å². The number of ether oxygens (including phenoxy) is 1. The number of hydrogen-bond acceptors (Lipinski definition) is 4. The Bertz CT molecular complexity index is 131. The van der Waals surface area contributed by atoms with Crippen LogP contribution in [0.4, 0.5) is 0 Å². The maximum Gasteiger partial charge on any atom is 0.374 e. The Kier molecular flexibility index (Phi) is 5.84. The maximum atomic E-state index is 10.6. The van der Waals surface area contributed by atoms with Gasteiger partial charge in [0.15, 0.2) is 0 Å². The van der Waals surface area contributed by atoms with Gasteiger partial charge in [0.1, 0.15) is 0 Å². The molecular weight excluding hydrogens is 134 g/mol. The van der Waals surface area contributed by atoms with Gasteiger partial charge in [-0.3, -0.25) is 4.79 Å². The van der Waals surface area contributed by atoms with Crippen molar-refractivity contribution >= 4 is 11.8 Å². The summed E-state index contributed by atoms with van der Waals surface area (Å²) in [6.45, 7) is 3.30. The molecule has 0 saturated heterocycles. The summed E-state index contributed by atoms with van der Waals surface area (Å²) in [4.78, 5) is 21.0. The molecule has 0 aromatic rings. The molecule has 0 saturated carbocycles. The smallest absolute Gasteiger partial charge is 0.374 e. The van der Waals surface area contributed by atoms with E-state index in [4.69, 9.17) is 0 Å². The number of methoxy groups -OCH3 is 1. The third-order valence-electron chi connectivity index (χ3n) is 0.911. The molecule has 10 heavy (non-hydrogen) atoms. The fourth-order valence-corrected chi connectivity index (χ4v) is 0.336. The van der Waals surface area contributed by atoms with Gasteiger partial charge >= 0.3 is 5.97 Å². The SMILES string of the molecule is COC(=O)C(=O)C(C)C.N. The summed E-state index contributed by atoms with van der Waals surface area (Å²) in [6.07, 6.45) is 0. The Hall–Kier alpha value is -0.900. The summed E-state index contributed by atoms with van der Waals surface area (Å²) in [6, 6.07) is 0. The van der Waals surface area contributed by atoms with Crippen LogP contribution in [-0.2, 0) is 14.3 Å². The van der Waals surface area contributed by atoms with E-state index in [9.17, 15) is 9.59 Å². The van der Waals surface area contributed by atoms with Crippen molar-refractivity contribution in [1.82, 2.24) is 6.15 Å². The van der Waals surface area contributed by atoms with Crippen LogP contribution in [0.3, 0.4) is 0 Å². The lowest BCUT2D eigenvalue weighted by molar-refractivity contribution is -0.153. The molecule has 4 heteroatoms. The molecule has 0 bridgehead atoms. The van der Waals surface area contributed by atoms with Crippen LogP contribution in [0.1, 0.15) is 13.8 Å². The van der Waals surface area contributed by atoms with Gasteiger partial charge in [-0.15, -0.1) is 0 Å². The zero-order valence-electron chi connectivity index (χ0n) is 6.51. The van der Waals surface area contributed by atoms with Crippen molar-refractivity contribution in [2.24, 2.45) is 5.92 Å². The highest BCUT2D eigenvalue weighted by Gasteiger charge is 2.16. The highest BCUT2D eigenvalue weighted by atomic mass is 16.5. The number of carbonyl (C=O) groups excluding carboxylic acids is 2. The Balaban J connectivity index is 0. The quantitative estimate of drug-likeness (QED) is 0.457. The molecule has 0 radical (unpaired) electrons. The summed E-state index contributed by atoms with van der Waals surface area (Å²) in [5, 5.41) is 0. The van der Waals surface area contributed by atoms with Crippen molar-refractivity contribution in [3.63, 3.8) is 0 Å². The normalized spacial score (nSPS) is 8.40. The molecule has 0 aromatic carbocycles. The van der Waals surface area contributed by atoms with E-state index >= 15 is 0 Å². The predicted molar refractivity (Wildman–Crippen MR) is 36.9 cm³/mol. The first kappa shape index (κ1) is 11.8. The highest BCUT2D eigenvalue weighted by molar-refractivity contribution is 6.34. The van der Waals surface area contributed by atoms with E-state index in [0.717, 1.165) is 0 Å². The summed E-state index contributed by atoms with van der Waals surface area (Å²) in [5.74, 6) is -1.50. The van der Waals surface area contributed by atoms with E-state index in [1.807, 2.05) is 0 Å². The van der Waals surface area contributed by atoms with Crippen molar-refractivity contribution < 1.29 is 14.3 Å². The van der Waals surface area contributed by atoms with Gasteiger partial charge in [-0.1, -0.05) is 13.8 Å². The minimum absolute atomic E-state index is 0. The summed E-state index contributed by atoms with van der Waals surface area (Å²) in [7, 11) is 1.20. The number of carbonyl (C=O) groups is 2. The number of rotatable bonds is 2. The molecule has 0 unspecified atom stereocenters. The van der Waals surface area contributed by atoms with Crippen LogP contribution in [0.5, 0.6) is 0 Å². The number of hydrogen-bond donors (Lipinski definition) is 1. The van der Waals surface area contributed by atoms with Crippen LogP contribution in [0.25, 0.3) is 0 Å². The van der Waals surface area contributed by atoms with Crippen LogP contribution in [0, 0.1) is 5.92 Å². The largest absolute Gasteiger partial charge is 0.463 e. The molecule has 0 aliphatic rings. The second-order valence-corrected chi connectivity index (χ2v) is 2.01. The van der Waals surface area contributed by atoms with Crippen LogP contribution in [0.2, 0.25) is 0 Å². The van der Waals surface area contributed by atoms with Gasteiger partial charge < -0.3 is 10.9 Å². The average Bonchev–Trinajstić information content (AvgIpc) is 1.84. The zero-order chi connectivity index (χ0) is 7.44. The van der Waals surface area contributed by atoms with Crippen LogP contribution in [0.15, 0.2) is 0 Å². The minimum Gasteiger partial charge on any atom is -0.463 e. The molecule has 0 spiro atoms. The summed E-state index contributed by atoms with van der Waals surface area (Å²) < 4.78 is 4.18. The monoisotopic (exact) mass is 147 g/mol. The lowest BCUT2D eigenvalue weighted by atomic mass is 10.1. The van der Waals surface area contributed by atoms with Gasteiger partial charge in [0.05, 0.1) is 7.11 Å². The van der Waals surface area contributed by atoms with Crippen molar-refractivity contribution in [1.29, 1.82) is 0 Å². The first-order valence-electron chi connectivity index (χ1n) is 2.71. The first-order valence-corrected chi connectivity index (χ1v) is 2.71. The molecule has 0 heterocycles. The topological polar surface area (TPSA) is 78.4 Å². The average molecular weight is 147 g/mol. The van der Waals surface area contributed by atoms with E-state index in [2.05, 4.69) is 4.74 Å². The Labute approximate surface area is 60.1 Å². The van der Waals surface area contributed by atoms with Gasteiger partial charge in [0.25, 0.3) is 0 Å². The molecule has 0 rings (SSSR count). The molecule has 0 atom stereocenters. The van der Waals surface area contributed by atoms with E-state index < -0.39 is 11.8 Å². The fourth-order valence-electron chi connectivity index (χ4n) is 0.336. The lowest BCUT2D eigenvalue weighted by Crippen LogP contribution is -2.20. The van der Waals surface area contributed by atoms with Gasteiger partial charge in [0.2, 0.25) is 5.78 Å². The van der Waals surface area contributed by atoms with Crippen LogP contribution in [-0.4, -0.2) is 18.9 Å². The van der Waals surface area contributed by atoms with Gasteiger partial charge in [0, 0.05) is 5.92 Å². The molecule has 0 aliphatic carbocycles. The van der Waals surface area contributed by atoms with E-state index in [-0.39, 0.29) is 12.1 Å². The first-order chi connectivity index (χ1) is 4.09. The summed E-state index contributed by atoms with van der Waals surface area (Å²) >= 11 is 0. The third-order valence-corrected chi connectivity index (χ3v) is 0.911. The van der Waals surface area contributed by atoms with Gasteiger partial charge in [-0.2, -0.15) is 0 Å². The standard InChI is InChI=1S/C6H10O3.H3N/c1-4(2)5(7)6(8)9-3;/h4H,1-3H3;1H3. The predicted octanol–water partition coefficient (Wildman–Crippen LogP) is 0.546. The fraction of sp³-hybridized carbons (Fsp3) is 0.667. The van der Waals surface area contributed by atoms with Crippen LogP contribution >= 0.6 is 0 Å². The van der Waals surface area contributed by atoms with E-state index in [1.54, 1.807) is 13.8 Å². The second kappa shape index (κ2) is 4.93. The molecule has 3 N–H and O–H groups in total. The maximum absolute atomic E-state index is 10.6. The number of Topliss-reactive ketones (excluding diaryl/α,β-unsaturated/α-hetero) is 1. The number of ketones is 1. The molecular formula is C6H13NO3.